The van der Waals surface area contributed by atoms with Crippen LogP contribution >= 0.6 is 0 Å². The van der Waals surface area contributed by atoms with Gasteiger partial charge in [0.15, 0.2) is 0 Å². The van der Waals surface area contributed by atoms with E-state index in [4.69, 9.17) is 4.74 Å². The minimum absolute atomic E-state index is 0.231. The summed E-state index contributed by atoms with van der Waals surface area (Å²) >= 11 is 0. The van der Waals surface area contributed by atoms with E-state index in [9.17, 15) is 4.79 Å². The summed E-state index contributed by atoms with van der Waals surface area (Å²) in [5.74, 6) is -0.231. The van der Waals surface area contributed by atoms with E-state index in [2.05, 4.69) is 17.4 Å². The van der Waals surface area contributed by atoms with Crippen LogP contribution in [0.3, 0.4) is 0 Å². The van der Waals surface area contributed by atoms with Gasteiger partial charge in [-0.05, 0) is 24.6 Å². The van der Waals surface area contributed by atoms with E-state index in [1.807, 2.05) is 49.4 Å². The summed E-state index contributed by atoms with van der Waals surface area (Å²) in [7, 11) is 0. The Morgan fingerprint density at radius 1 is 1.00 bits per heavy atom. The van der Waals surface area contributed by atoms with Crippen molar-refractivity contribution in [3.8, 4) is 0 Å². The number of carbonyl (C=O) groups is 1. The average Bonchev–Trinajstić information content (AvgIpc) is 2.57. The van der Waals surface area contributed by atoms with Gasteiger partial charge >= 0.3 is 5.97 Å². The molecular formula is C19H22NO2+. The summed E-state index contributed by atoms with van der Waals surface area (Å²) in [5.41, 5.74) is 2.37. The molecule has 3 heteroatoms. The molecule has 3 nitrogen and oxygen atoms in total. The van der Waals surface area contributed by atoms with Crippen molar-refractivity contribution in [3.63, 3.8) is 0 Å². The van der Waals surface area contributed by atoms with Crippen molar-refractivity contribution < 1.29 is 14.8 Å². The fourth-order valence-corrected chi connectivity index (χ4v) is 3.06. The third-order valence-electron chi connectivity index (χ3n) is 4.38. The minimum Gasteiger partial charge on any atom is -0.450 e. The number of esters is 1. The molecule has 0 radical (unpaired) electrons. The van der Waals surface area contributed by atoms with E-state index >= 15 is 0 Å². The molecule has 1 fully saturated rings. The Morgan fingerprint density at radius 2 is 1.64 bits per heavy atom. The third kappa shape index (κ3) is 3.04. The fraction of sp³-hybridized carbons (Fsp3) is 0.316. The molecule has 0 saturated carbocycles. The van der Waals surface area contributed by atoms with Crippen LogP contribution in [-0.2, 0) is 10.3 Å². The normalized spacial score (nSPS) is 17.0. The largest absolute Gasteiger partial charge is 0.450 e. The molecule has 0 spiro atoms. The summed E-state index contributed by atoms with van der Waals surface area (Å²) in [6, 6.07) is 17.7. The average molecular weight is 296 g/mol. The zero-order valence-corrected chi connectivity index (χ0v) is 12.9. The second-order valence-corrected chi connectivity index (χ2v) is 5.98. The van der Waals surface area contributed by atoms with Crippen molar-refractivity contribution >= 4 is 5.97 Å². The first kappa shape index (κ1) is 14.8. The highest BCUT2D eigenvalue weighted by Gasteiger charge is 2.39. The maximum absolute atomic E-state index is 12.6. The van der Waals surface area contributed by atoms with Crippen LogP contribution in [0.1, 0.15) is 34.3 Å². The molecular weight excluding hydrogens is 274 g/mol. The van der Waals surface area contributed by atoms with Gasteiger partial charge in [-0.25, -0.2) is 4.79 Å². The summed E-state index contributed by atoms with van der Waals surface area (Å²) in [6.07, 6.45) is 1.71. The Morgan fingerprint density at radius 3 is 2.27 bits per heavy atom. The monoisotopic (exact) mass is 296 g/mol. The summed E-state index contributed by atoms with van der Waals surface area (Å²) in [4.78, 5) is 12.6. The number of aryl methyl sites for hydroxylation is 1. The lowest BCUT2D eigenvalue weighted by atomic mass is 9.84. The van der Waals surface area contributed by atoms with Crippen LogP contribution in [-0.4, -0.2) is 19.1 Å². The number of ether oxygens (including phenoxy) is 1. The second-order valence-electron chi connectivity index (χ2n) is 5.98. The van der Waals surface area contributed by atoms with Gasteiger partial charge in [-0.2, -0.15) is 0 Å². The predicted octanol–water partition coefficient (Wildman–Crippen LogP) is 2.40. The van der Waals surface area contributed by atoms with Crippen LogP contribution in [0.25, 0.3) is 0 Å². The van der Waals surface area contributed by atoms with Crippen molar-refractivity contribution in [2.75, 3.05) is 13.1 Å². The van der Waals surface area contributed by atoms with E-state index < -0.39 is 5.60 Å². The number of hydrogen-bond acceptors (Lipinski definition) is 2. The molecule has 0 amide bonds. The molecule has 0 aliphatic carbocycles. The highest BCUT2D eigenvalue weighted by Crippen LogP contribution is 2.34. The summed E-state index contributed by atoms with van der Waals surface area (Å²) in [5, 5.41) is 2.28. The Bertz CT molecular complexity index is 628. The molecule has 1 aliphatic heterocycles. The third-order valence-corrected chi connectivity index (χ3v) is 4.38. The van der Waals surface area contributed by atoms with Crippen LogP contribution in [0.5, 0.6) is 0 Å². The van der Waals surface area contributed by atoms with Gasteiger partial charge < -0.3 is 10.1 Å². The predicted molar refractivity (Wildman–Crippen MR) is 85.6 cm³/mol. The molecule has 1 aliphatic rings. The molecule has 2 N–H and O–H groups in total. The van der Waals surface area contributed by atoms with E-state index in [1.165, 1.54) is 0 Å². The molecule has 0 aromatic heterocycles. The minimum atomic E-state index is -0.488. The first-order valence-electron chi connectivity index (χ1n) is 7.87. The first-order chi connectivity index (χ1) is 10.7. The lowest BCUT2D eigenvalue weighted by molar-refractivity contribution is -0.668. The molecule has 2 aromatic rings. The molecule has 114 valence electrons. The number of carbonyl (C=O) groups excluding carboxylic acids is 1. The van der Waals surface area contributed by atoms with Crippen molar-refractivity contribution in [1.82, 2.24) is 0 Å². The van der Waals surface area contributed by atoms with Gasteiger partial charge in [0.05, 0.1) is 18.7 Å². The fourth-order valence-electron chi connectivity index (χ4n) is 3.06. The Hall–Kier alpha value is -2.13. The van der Waals surface area contributed by atoms with Crippen LogP contribution in [0.4, 0.5) is 0 Å². The van der Waals surface area contributed by atoms with Gasteiger partial charge in [0.25, 0.3) is 0 Å². The Balaban J connectivity index is 1.87. The number of quaternary nitrogens is 1. The smallest absolute Gasteiger partial charge is 0.339 e. The standard InChI is InChI=1S/C19H21NO2/c1-15-7-9-16(10-8-15)18(21)22-19(11-13-20-14-12-19)17-5-3-2-4-6-17/h2-10,20H,11-14H2,1H3/p+1. The van der Waals surface area contributed by atoms with E-state index in [0.29, 0.717) is 5.56 Å². The number of nitrogens with two attached hydrogens (primary N) is 1. The second kappa shape index (κ2) is 6.32. The SMILES string of the molecule is Cc1ccc(C(=O)OC2(c3ccccc3)CC[NH2+]CC2)cc1. The van der Waals surface area contributed by atoms with E-state index in [0.717, 1.165) is 37.1 Å². The number of benzene rings is 2. The molecule has 1 saturated heterocycles. The van der Waals surface area contributed by atoms with Gasteiger partial charge in [-0.1, -0.05) is 48.0 Å². The molecule has 0 atom stereocenters. The van der Waals surface area contributed by atoms with Gasteiger partial charge in [0.1, 0.15) is 5.60 Å². The van der Waals surface area contributed by atoms with E-state index in [1.54, 1.807) is 0 Å². The van der Waals surface area contributed by atoms with Gasteiger partial charge in [-0.3, -0.25) is 0 Å². The van der Waals surface area contributed by atoms with Crippen molar-refractivity contribution in [2.45, 2.75) is 25.4 Å². The molecule has 22 heavy (non-hydrogen) atoms. The van der Waals surface area contributed by atoms with Crippen LogP contribution in [0, 0.1) is 6.92 Å². The summed E-state index contributed by atoms with van der Waals surface area (Å²) < 4.78 is 6.03. The summed E-state index contributed by atoms with van der Waals surface area (Å²) in [6.45, 7) is 3.98. The maximum atomic E-state index is 12.6. The highest BCUT2D eigenvalue weighted by molar-refractivity contribution is 5.89. The zero-order valence-electron chi connectivity index (χ0n) is 12.9. The molecule has 0 bridgehead atoms. The molecule has 0 unspecified atom stereocenters. The number of hydrogen-bond donors (Lipinski definition) is 1. The highest BCUT2D eigenvalue weighted by atomic mass is 16.6. The molecule has 1 heterocycles. The van der Waals surface area contributed by atoms with Crippen LogP contribution < -0.4 is 5.32 Å². The quantitative estimate of drug-likeness (QED) is 0.884. The van der Waals surface area contributed by atoms with Crippen molar-refractivity contribution in [3.05, 3.63) is 71.3 Å². The maximum Gasteiger partial charge on any atom is 0.339 e. The van der Waals surface area contributed by atoms with E-state index in [-0.39, 0.29) is 5.97 Å². The lowest BCUT2D eigenvalue weighted by Crippen LogP contribution is -2.87. The lowest BCUT2D eigenvalue weighted by Gasteiger charge is -2.36. The molecule has 2 aromatic carbocycles. The van der Waals surface area contributed by atoms with Crippen LogP contribution in [0.15, 0.2) is 54.6 Å². The zero-order chi connectivity index (χ0) is 15.4. The first-order valence-corrected chi connectivity index (χ1v) is 7.87. The molecule has 3 rings (SSSR count). The number of rotatable bonds is 3. The Labute approximate surface area is 131 Å². The number of piperidine rings is 1. The van der Waals surface area contributed by atoms with Crippen molar-refractivity contribution in [1.29, 1.82) is 0 Å². The van der Waals surface area contributed by atoms with Gasteiger partial charge in [0.2, 0.25) is 0 Å². The topological polar surface area (TPSA) is 42.9 Å². The Kier molecular flexibility index (Phi) is 4.25. The van der Waals surface area contributed by atoms with Gasteiger partial charge in [0, 0.05) is 12.8 Å². The van der Waals surface area contributed by atoms with Crippen LogP contribution in [0.2, 0.25) is 0 Å². The van der Waals surface area contributed by atoms with Crippen molar-refractivity contribution in [2.24, 2.45) is 0 Å². The van der Waals surface area contributed by atoms with Gasteiger partial charge in [-0.15, -0.1) is 0 Å².